The van der Waals surface area contributed by atoms with Crippen LogP contribution < -0.4 is 10.6 Å². The van der Waals surface area contributed by atoms with Gasteiger partial charge in [0, 0.05) is 11.7 Å². The van der Waals surface area contributed by atoms with Crippen molar-refractivity contribution < 1.29 is 19.1 Å². The molecule has 0 aromatic heterocycles. The van der Waals surface area contributed by atoms with Crippen LogP contribution in [-0.2, 0) is 14.3 Å². The Balaban J connectivity index is 2.02. The molecule has 142 valence electrons. The van der Waals surface area contributed by atoms with E-state index in [0.29, 0.717) is 11.3 Å². The van der Waals surface area contributed by atoms with E-state index in [1.165, 1.54) is 26.0 Å². The van der Waals surface area contributed by atoms with Crippen molar-refractivity contribution >= 4 is 23.5 Å². The van der Waals surface area contributed by atoms with Crippen molar-refractivity contribution in [2.75, 3.05) is 12.4 Å². The van der Waals surface area contributed by atoms with Crippen molar-refractivity contribution in [1.29, 1.82) is 0 Å². The number of nitrogens with one attached hydrogen (secondary N) is 2. The fraction of sp³-hybridized carbons (Fsp3) is 0.550. The molecule has 2 amide bonds. The Hall–Kier alpha value is -2.37. The minimum absolute atomic E-state index is 0.139. The number of anilines is 1. The number of rotatable bonds is 5. The minimum atomic E-state index is -1.21. The molecule has 0 saturated heterocycles. The SMILES string of the molecule is COC(=O)c1cccc(NC(=O)C(C)(C)C(=O)NC2CCCCCC2)c1. The lowest BCUT2D eigenvalue weighted by Gasteiger charge is -2.26. The predicted octanol–water partition coefficient (Wildman–Crippen LogP) is 3.28. The Bertz CT molecular complexity index is 662. The van der Waals surface area contributed by atoms with E-state index >= 15 is 0 Å². The second-order valence-corrected chi connectivity index (χ2v) is 7.31. The maximum absolute atomic E-state index is 12.7. The summed E-state index contributed by atoms with van der Waals surface area (Å²) in [7, 11) is 1.30. The van der Waals surface area contributed by atoms with Gasteiger partial charge in [-0.05, 0) is 44.9 Å². The second kappa shape index (κ2) is 8.83. The van der Waals surface area contributed by atoms with Gasteiger partial charge in [0.05, 0.1) is 12.7 Å². The van der Waals surface area contributed by atoms with Crippen LogP contribution in [0.3, 0.4) is 0 Å². The van der Waals surface area contributed by atoms with Crippen LogP contribution in [0.4, 0.5) is 5.69 Å². The largest absolute Gasteiger partial charge is 0.465 e. The van der Waals surface area contributed by atoms with Crippen LogP contribution >= 0.6 is 0 Å². The maximum atomic E-state index is 12.7. The molecule has 2 rings (SSSR count). The lowest BCUT2D eigenvalue weighted by Crippen LogP contribution is -2.48. The van der Waals surface area contributed by atoms with Crippen molar-refractivity contribution in [3.8, 4) is 0 Å². The molecule has 0 unspecified atom stereocenters. The van der Waals surface area contributed by atoms with Gasteiger partial charge in [-0.2, -0.15) is 0 Å². The van der Waals surface area contributed by atoms with Gasteiger partial charge < -0.3 is 15.4 Å². The Morgan fingerprint density at radius 2 is 1.69 bits per heavy atom. The van der Waals surface area contributed by atoms with Gasteiger partial charge >= 0.3 is 5.97 Å². The van der Waals surface area contributed by atoms with Gasteiger partial charge in [-0.25, -0.2) is 4.79 Å². The second-order valence-electron chi connectivity index (χ2n) is 7.31. The zero-order valence-corrected chi connectivity index (χ0v) is 15.8. The van der Waals surface area contributed by atoms with E-state index < -0.39 is 17.3 Å². The van der Waals surface area contributed by atoms with Crippen LogP contribution in [0.15, 0.2) is 24.3 Å². The first-order valence-electron chi connectivity index (χ1n) is 9.15. The summed E-state index contributed by atoms with van der Waals surface area (Å²) in [5.74, 6) is -1.16. The van der Waals surface area contributed by atoms with E-state index in [4.69, 9.17) is 0 Å². The number of benzene rings is 1. The lowest BCUT2D eigenvalue weighted by atomic mass is 9.90. The average Bonchev–Trinajstić information content (AvgIpc) is 2.89. The van der Waals surface area contributed by atoms with Gasteiger partial charge in [0.2, 0.25) is 11.8 Å². The van der Waals surface area contributed by atoms with E-state index in [-0.39, 0.29) is 11.9 Å². The summed E-state index contributed by atoms with van der Waals surface area (Å²) in [5.41, 5.74) is -0.424. The molecule has 1 saturated carbocycles. The normalized spacial score (nSPS) is 15.7. The number of carbonyl (C=O) groups excluding carboxylic acids is 3. The quantitative estimate of drug-likeness (QED) is 0.479. The highest BCUT2D eigenvalue weighted by atomic mass is 16.5. The monoisotopic (exact) mass is 360 g/mol. The van der Waals surface area contributed by atoms with Crippen LogP contribution in [-0.4, -0.2) is 30.9 Å². The summed E-state index contributed by atoms with van der Waals surface area (Å²) >= 11 is 0. The Labute approximate surface area is 154 Å². The molecule has 0 radical (unpaired) electrons. The molecule has 2 N–H and O–H groups in total. The van der Waals surface area contributed by atoms with Crippen molar-refractivity contribution in [3.05, 3.63) is 29.8 Å². The fourth-order valence-electron chi connectivity index (χ4n) is 3.02. The highest BCUT2D eigenvalue weighted by molar-refractivity contribution is 6.10. The molecule has 0 aliphatic heterocycles. The summed E-state index contributed by atoms with van der Waals surface area (Å²) in [6.07, 6.45) is 6.55. The molecule has 1 aromatic rings. The Kier molecular flexibility index (Phi) is 6.77. The van der Waals surface area contributed by atoms with Gasteiger partial charge in [0.15, 0.2) is 0 Å². The van der Waals surface area contributed by atoms with E-state index in [2.05, 4.69) is 15.4 Å². The van der Waals surface area contributed by atoms with Crippen LogP contribution in [0.5, 0.6) is 0 Å². The molecule has 1 aromatic carbocycles. The fourth-order valence-corrected chi connectivity index (χ4v) is 3.02. The van der Waals surface area contributed by atoms with Crippen LogP contribution in [0.25, 0.3) is 0 Å². The van der Waals surface area contributed by atoms with Crippen LogP contribution in [0.1, 0.15) is 62.7 Å². The van der Waals surface area contributed by atoms with E-state index in [1.54, 1.807) is 32.0 Å². The summed E-state index contributed by atoms with van der Waals surface area (Å²) in [4.78, 5) is 36.9. The number of esters is 1. The first kappa shape index (κ1) is 19.9. The van der Waals surface area contributed by atoms with Gasteiger partial charge in [-0.15, -0.1) is 0 Å². The molecule has 6 heteroatoms. The number of hydrogen-bond acceptors (Lipinski definition) is 4. The number of carbonyl (C=O) groups is 3. The highest BCUT2D eigenvalue weighted by Gasteiger charge is 2.37. The number of hydrogen-bond donors (Lipinski definition) is 2. The zero-order valence-electron chi connectivity index (χ0n) is 15.8. The molecule has 1 fully saturated rings. The van der Waals surface area contributed by atoms with Crippen molar-refractivity contribution in [2.24, 2.45) is 5.41 Å². The van der Waals surface area contributed by atoms with Crippen molar-refractivity contribution in [3.63, 3.8) is 0 Å². The lowest BCUT2D eigenvalue weighted by molar-refractivity contribution is -0.138. The van der Waals surface area contributed by atoms with E-state index in [9.17, 15) is 14.4 Å². The molecule has 26 heavy (non-hydrogen) atoms. The van der Waals surface area contributed by atoms with Gasteiger partial charge in [-0.3, -0.25) is 9.59 Å². The molecule has 0 spiro atoms. The van der Waals surface area contributed by atoms with Gasteiger partial charge in [0.25, 0.3) is 0 Å². The Morgan fingerprint density at radius 3 is 2.31 bits per heavy atom. The topological polar surface area (TPSA) is 84.5 Å². The first-order valence-corrected chi connectivity index (χ1v) is 9.15. The molecule has 1 aliphatic carbocycles. The molecule has 0 bridgehead atoms. The third kappa shape index (κ3) is 5.07. The van der Waals surface area contributed by atoms with E-state index in [0.717, 1.165) is 25.7 Å². The predicted molar refractivity (Wildman–Crippen MR) is 99.8 cm³/mol. The number of ether oxygens (including phenoxy) is 1. The molecular formula is C20H28N2O4. The van der Waals surface area contributed by atoms with E-state index in [1.807, 2.05) is 0 Å². The summed E-state index contributed by atoms with van der Waals surface area (Å²) in [6, 6.07) is 6.60. The van der Waals surface area contributed by atoms with Gasteiger partial charge in [-0.1, -0.05) is 31.7 Å². The third-order valence-corrected chi connectivity index (χ3v) is 4.87. The number of amides is 2. The van der Waals surface area contributed by atoms with Gasteiger partial charge in [0.1, 0.15) is 5.41 Å². The van der Waals surface area contributed by atoms with Crippen molar-refractivity contribution in [2.45, 2.75) is 58.4 Å². The molecular weight excluding hydrogens is 332 g/mol. The molecule has 0 atom stereocenters. The summed E-state index contributed by atoms with van der Waals surface area (Å²) in [5, 5.41) is 5.76. The first-order chi connectivity index (χ1) is 12.3. The molecule has 6 nitrogen and oxygen atoms in total. The Morgan fingerprint density at radius 1 is 1.04 bits per heavy atom. The maximum Gasteiger partial charge on any atom is 0.337 e. The zero-order chi connectivity index (χ0) is 19.2. The molecule has 1 aliphatic rings. The smallest absolute Gasteiger partial charge is 0.337 e. The highest BCUT2D eigenvalue weighted by Crippen LogP contribution is 2.23. The third-order valence-electron chi connectivity index (χ3n) is 4.87. The standard InChI is InChI=1S/C20H28N2O4/c1-20(2,18(24)21-15-10-6-4-5-7-11-15)19(25)22-16-12-8-9-14(13-16)17(23)26-3/h8-9,12-13,15H,4-7,10-11H2,1-3H3,(H,21,24)(H,22,25). The summed E-state index contributed by atoms with van der Waals surface area (Å²) in [6.45, 7) is 3.22. The van der Waals surface area contributed by atoms with Crippen LogP contribution in [0, 0.1) is 5.41 Å². The molecule has 0 heterocycles. The summed E-state index contributed by atoms with van der Waals surface area (Å²) < 4.78 is 4.68. The van der Waals surface area contributed by atoms with Crippen LogP contribution in [0.2, 0.25) is 0 Å². The average molecular weight is 360 g/mol. The van der Waals surface area contributed by atoms with Crippen molar-refractivity contribution in [1.82, 2.24) is 5.32 Å². The minimum Gasteiger partial charge on any atom is -0.465 e. The number of methoxy groups -OCH3 is 1.